The van der Waals surface area contributed by atoms with Gasteiger partial charge in [0, 0.05) is 25.9 Å². The Labute approximate surface area is 123 Å². The predicted octanol–water partition coefficient (Wildman–Crippen LogP) is 4.01. The molecule has 2 fully saturated rings. The Hall–Kier alpha value is -1.02. The number of piperidine rings is 1. The van der Waals surface area contributed by atoms with Crippen molar-refractivity contribution >= 4 is 5.69 Å². The van der Waals surface area contributed by atoms with Crippen molar-refractivity contribution in [2.24, 2.45) is 5.92 Å². The van der Waals surface area contributed by atoms with Crippen molar-refractivity contribution in [3.8, 4) is 0 Å². The molecule has 0 bridgehead atoms. The minimum Gasteiger partial charge on any atom is -0.381 e. The fourth-order valence-corrected chi connectivity index (χ4v) is 3.57. The second kappa shape index (κ2) is 6.17. The molecule has 1 unspecified atom stereocenters. The van der Waals surface area contributed by atoms with Gasteiger partial charge < -0.3 is 9.64 Å². The van der Waals surface area contributed by atoms with Gasteiger partial charge in [0.15, 0.2) is 0 Å². The maximum absolute atomic E-state index is 5.50. The van der Waals surface area contributed by atoms with Crippen molar-refractivity contribution in [3.63, 3.8) is 0 Å². The molecule has 1 saturated heterocycles. The van der Waals surface area contributed by atoms with E-state index in [1.165, 1.54) is 56.4 Å². The number of nitrogens with zero attached hydrogens (tertiary/aromatic N) is 1. The first-order valence-electron chi connectivity index (χ1n) is 8.07. The number of hydrogen-bond donors (Lipinski definition) is 0. The number of ether oxygens (including phenoxy) is 1. The van der Waals surface area contributed by atoms with Crippen LogP contribution in [-0.2, 0) is 4.74 Å². The molecule has 1 aromatic carbocycles. The first-order valence-corrected chi connectivity index (χ1v) is 8.07. The van der Waals surface area contributed by atoms with Gasteiger partial charge in [0.05, 0.1) is 6.10 Å². The molecule has 1 aromatic rings. The number of rotatable bonds is 4. The largest absolute Gasteiger partial charge is 0.381 e. The van der Waals surface area contributed by atoms with E-state index in [0.29, 0.717) is 6.10 Å². The summed E-state index contributed by atoms with van der Waals surface area (Å²) < 4.78 is 5.50. The zero-order valence-electron chi connectivity index (χ0n) is 12.8. The van der Waals surface area contributed by atoms with Crippen molar-refractivity contribution in [2.75, 3.05) is 25.1 Å². The number of methoxy groups -OCH3 is 1. The molecule has 0 aromatic heterocycles. The summed E-state index contributed by atoms with van der Waals surface area (Å²) in [6.45, 7) is 4.54. The summed E-state index contributed by atoms with van der Waals surface area (Å²) in [6.07, 6.45) is 7.01. The van der Waals surface area contributed by atoms with E-state index >= 15 is 0 Å². The maximum atomic E-state index is 5.50. The van der Waals surface area contributed by atoms with Crippen LogP contribution in [0.3, 0.4) is 0 Å². The summed E-state index contributed by atoms with van der Waals surface area (Å²) >= 11 is 0. The molecule has 1 aliphatic heterocycles. The highest BCUT2D eigenvalue weighted by molar-refractivity contribution is 5.55. The highest BCUT2D eigenvalue weighted by Crippen LogP contribution is 2.41. The fraction of sp³-hybridized carbons (Fsp3) is 0.667. The van der Waals surface area contributed by atoms with E-state index in [4.69, 9.17) is 4.74 Å². The van der Waals surface area contributed by atoms with Gasteiger partial charge in [0.2, 0.25) is 0 Å². The zero-order valence-corrected chi connectivity index (χ0v) is 12.8. The monoisotopic (exact) mass is 272 g/mol. The van der Waals surface area contributed by atoms with E-state index in [9.17, 15) is 0 Å². The van der Waals surface area contributed by atoms with Crippen molar-refractivity contribution in [2.45, 2.75) is 51.0 Å². The van der Waals surface area contributed by atoms with E-state index < -0.39 is 0 Å². The second-order valence-electron chi connectivity index (χ2n) is 6.38. The van der Waals surface area contributed by atoms with Crippen LogP contribution in [0.15, 0.2) is 18.2 Å². The van der Waals surface area contributed by atoms with Gasteiger partial charge in [-0.1, -0.05) is 12.5 Å². The molecule has 2 heteroatoms. The lowest BCUT2D eigenvalue weighted by atomic mass is 9.79. The third-order valence-corrected chi connectivity index (χ3v) is 5.33. The second-order valence-corrected chi connectivity index (χ2v) is 6.38. The van der Waals surface area contributed by atoms with Gasteiger partial charge in [0.25, 0.3) is 0 Å². The Morgan fingerprint density at radius 2 is 2.00 bits per heavy atom. The van der Waals surface area contributed by atoms with Crippen molar-refractivity contribution < 1.29 is 4.74 Å². The van der Waals surface area contributed by atoms with Crippen LogP contribution in [0.4, 0.5) is 5.69 Å². The summed E-state index contributed by atoms with van der Waals surface area (Å²) in [5.74, 6) is 1.51. The summed E-state index contributed by atoms with van der Waals surface area (Å²) in [5.41, 5.74) is 3.01. The van der Waals surface area contributed by atoms with Crippen molar-refractivity contribution in [1.82, 2.24) is 0 Å². The highest BCUT2D eigenvalue weighted by atomic mass is 16.5. The van der Waals surface area contributed by atoms with Crippen molar-refractivity contribution in [1.29, 1.82) is 0 Å². The molecule has 1 heterocycles. The molecule has 0 N–H and O–H groups in total. The van der Waals surface area contributed by atoms with Crippen LogP contribution < -0.4 is 4.90 Å². The standard InChI is InChI=1S/C18H26NO/c1-14(20-2)15-10-12-19(13-11-15)18-9-4-3-8-17(18)16-6-5-7-16/h4,8-9,14-16H,5-7,10-13H2,1-2H3. The molecule has 3 rings (SSSR count). The average molecular weight is 272 g/mol. The molecule has 1 atom stereocenters. The molecule has 1 saturated carbocycles. The van der Waals surface area contributed by atoms with Gasteiger partial charge in [-0.25, -0.2) is 0 Å². The molecule has 1 aliphatic carbocycles. The molecule has 20 heavy (non-hydrogen) atoms. The molecule has 0 amide bonds. The summed E-state index contributed by atoms with van der Waals surface area (Å²) in [7, 11) is 1.83. The minimum absolute atomic E-state index is 0.396. The minimum atomic E-state index is 0.396. The first kappa shape index (κ1) is 13.9. The van der Waals surface area contributed by atoms with E-state index in [1.807, 2.05) is 7.11 Å². The molecule has 1 radical (unpaired) electrons. The topological polar surface area (TPSA) is 12.5 Å². The Morgan fingerprint density at radius 1 is 1.25 bits per heavy atom. The van der Waals surface area contributed by atoms with Crippen LogP contribution in [0, 0.1) is 12.0 Å². The van der Waals surface area contributed by atoms with E-state index in [2.05, 4.69) is 36.1 Å². The maximum Gasteiger partial charge on any atom is 0.0572 e. The van der Waals surface area contributed by atoms with E-state index in [0.717, 1.165) is 11.8 Å². The Bertz CT molecular complexity index is 433. The summed E-state index contributed by atoms with van der Waals surface area (Å²) in [5, 5.41) is 0. The van der Waals surface area contributed by atoms with Gasteiger partial charge in [-0.15, -0.1) is 0 Å². The van der Waals surface area contributed by atoms with Crippen LogP contribution in [0.2, 0.25) is 0 Å². The van der Waals surface area contributed by atoms with Gasteiger partial charge in [0.1, 0.15) is 0 Å². The van der Waals surface area contributed by atoms with Gasteiger partial charge in [-0.05, 0) is 68.2 Å². The molecule has 109 valence electrons. The zero-order chi connectivity index (χ0) is 13.9. The van der Waals surface area contributed by atoms with Gasteiger partial charge in [-0.3, -0.25) is 0 Å². The summed E-state index contributed by atoms with van der Waals surface area (Å²) in [4.78, 5) is 2.58. The third kappa shape index (κ3) is 2.71. The number of benzene rings is 1. The lowest BCUT2D eigenvalue weighted by Gasteiger charge is -2.38. The lowest BCUT2D eigenvalue weighted by Crippen LogP contribution is -2.38. The first-order chi connectivity index (χ1) is 9.79. The van der Waals surface area contributed by atoms with Crippen LogP contribution in [-0.4, -0.2) is 26.3 Å². The van der Waals surface area contributed by atoms with E-state index in [-0.39, 0.29) is 0 Å². The Kier molecular flexibility index (Phi) is 4.30. The van der Waals surface area contributed by atoms with Crippen LogP contribution in [0.5, 0.6) is 0 Å². The van der Waals surface area contributed by atoms with Crippen LogP contribution in [0.1, 0.15) is 50.5 Å². The normalized spacial score (nSPS) is 22.6. The third-order valence-electron chi connectivity index (χ3n) is 5.33. The quantitative estimate of drug-likeness (QED) is 0.821. The smallest absolute Gasteiger partial charge is 0.0572 e. The van der Waals surface area contributed by atoms with Gasteiger partial charge in [-0.2, -0.15) is 0 Å². The summed E-state index contributed by atoms with van der Waals surface area (Å²) in [6, 6.07) is 9.85. The van der Waals surface area contributed by atoms with Crippen LogP contribution >= 0.6 is 0 Å². The SMILES string of the molecule is COC(C)C1CCN(c2cc[c]cc2C2CCC2)CC1. The molecule has 2 nitrogen and oxygen atoms in total. The Morgan fingerprint density at radius 3 is 2.60 bits per heavy atom. The highest BCUT2D eigenvalue weighted by Gasteiger charge is 2.27. The molecule has 0 spiro atoms. The average Bonchev–Trinajstić information content (AvgIpc) is 2.45. The van der Waals surface area contributed by atoms with Gasteiger partial charge >= 0.3 is 0 Å². The lowest BCUT2D eigenvalue weighted by molar-refractivity contribution is 0.0564. The number of hydrogen-bond acceptors (Lipinski definition) is 2. The molecular formula is C18H26NO. The number of anilines is 1. The van der Waals surface area contributed by atoms with Crippen LogP contribution in [0.25, 0.3) is 0 Å². The van der Waals surface area contributed by atoms with E-state index in [1.54, 1.807) is 0 Å². The Balaban J connectivity index is 1.69. The predicted molar refractivity (Wildman–Crippen MR) is 83.3 cm³/mol. The van der Waals surface area contributed by atoms with Crippen molar-refractivity contribution in [3.05, 3.63) is 29.8 Å². The molecule has 2 aliphatic rings. The fourth-order valence-electron chi connectivity index (χ4n) is 3.57. The molecular weight excluding hydrogens is 246 g/mol.